The second-order valence-corrected chi connectivity index (χ2v) is 2.79. The maximum Gasteiger partial charge on any atom is 1.00 e. The van der Waals surface area contributed by atoms with Gasteiger partial charge in [0.1, 0.15) is 0 Å². The van der Waals surface area contributed by atoms with Crippen molar-refractivity contribution < 1.29 is 52.0 Å². The molecule has 0 aliphatic heterocycles. The summed E-state index contributed by atoms with van der Waals surface area (Å²) in [6.45, 7) is 3.38. The summed E-state index contributed by atoms with van der Waals surface area (Å²) in [7, 11) is -0.889. The summed E-state index contributed by atoms with van der Waals surface area (Å²) < 4.78 is 34.1. The molecule has 5 nitrogen and oxygen atoms in total. The van der Waals surface area contributed by atoms with E-state index in [1.54, 1.807) is 0 Å². The third-order valence-electron chi connectivity index (χ3n) is 0.707. The van der Waals surface area contributed by atoms with Gasteiger partial charge in [0, 0.05) is 10.4 Å². The molecule has 0 aromatic carbocycles. The van der Waals surface area contributed by atoms with Crippen molar-refractivity contribution in [1.29, 1.82) is 0 Å². The fourth-order valence-electron chi connectivity index (χ4n) is 0. The van der Waals surface area contributed by atoms with E-state index < -0.39 is 10.4 Å². The molecular formula is C4H12NNaO4S. The molecule has 1 N–H and O–H groups in total. The predicted molar refractivity (Wildman–Crippen MR) is 33.8 cm³/mol. The summed E-state index contributed by atoms with van der Waals surface area (Å²) in [6.07, 6.45) is 0. The minimum atomic E-state index is -5.17. The molecule has 64 valence electrons. The SMILES string of the molecule is CC[NH+](C)C.O=S(=O)([O-])[O-].[Na+]. The van der Waals surface area contributed by atoms with Crippen LogP contribution in [0.1, 0.15) is 6.92 Å². The molecule has 0 aliphatic rings. The van der Waals surface area contributed by atoms with Gasteiger partial charge in [-0.2, -0.15) is 0 Å². The van der Waals surface area contributed by atoms with Gasteiger partial charge in [0.25, 0.3) is 0 Å². The summed E-state index contributed by atoms with van der Waals surface area (Å²) in [5, 5.41) is 0. The average Bonchev–Trinajstić information content (AvgIpc) is 1.61. The molecule has 0 aliphatic carbocycles. The van der Waals surface area contributed by atoms with Crippen molar-refractivity contribution >= 4 is 10.4 Å². The Morgan fingerprint density at radius 1 is 1.27 bits per heavy atom. The smallest absolute Gasteiger partial charge is 0.759 e. The number of quaternary nitrogens is 1. The van der Waals surface area contributed by atoms with Crippen LogP contribution in [0, 0.1) is 0 Å². The Kier molecular flexibility index (Phi) is 14.4. The third kappa shape index (κ3) is 105. The maximum absolute atomic E-state index is 8.52. The van der Waals surface area contributed by atoms with Crippen LogP contribution in [0.4, 0.5) is 0 Å². The van der Waals surface area contributed by atoms with Crippen LogP contribution in [0.25, 0.3) is 0 Å². The van der Waals surface area contributed by atoms with Crippen LogP contribution < -0.4 is 34.5 Å². The second kappa shape index (κ2) is 8.92. The monoisotopic (exact) mass is 193 g/mol. The topological polar surface area (TPSA) is 84.7 Å². The van der Waals surface area contributed by atoms with Gasteiger partial charge in [0.2, 0.25) is 0 Å². The van der Waals surface area contributed by atoms with E-state index in [-0.39, 0.29) is 29.6 Å². The van der Waals surface area contributed by atoms with Crippen molar-refractivity contribution in [3.8, 4) is 0 Å². The van der Waals surface area contributed by atoms with Crippen LogP contribution in [0.3, 0.4) is 0 Å². The summed E-state index contributed by atoms with van der Waals surface area (Å²) >= 11 is 0. The summed E-state index contributed by atoms with van der Waals surface area (Å²) in [4.78, 5) is 1.50. The van der Waals surface area contributed by atoms with Crippen LogP contribution in [0.2, 0.25) is 0 Å². The predicted octanol–water partition coefficient (Wildman–Crippen LogP) is -5.18. The average molecular weight is 193 g/mol. The van der Waals surface area contributed by atoms with Crippen molar-refractivity contribution in [2.75, 3.05) is 20.6 Å². The van der Waals surface area contributed by atoms with E-state index in [1.165, 1.54) is 11.4 Å². The van der Waals surface area contributed by atoms with E-state index in [4.69, 9.17) is 17.5 Å². The van der Waals surface area contributed by atoms with Crippen molar-refractivity contribution in [1.82, 2.24) is 0 Å². The fourth-order valence-corrected chi connectivity index (χ4v) is 0. The number of rotatable bonds is 1. The number of hydrogen-bond donors (Lipinski definition) is 1. The zero-order valence-electron chi connectivity index (χ0n) is 7.25. The minimum Gasteiger partial charge on any atom is -0.759 e. The Bertz CT molecular complexity index is 147. The van der Waals surface area contributed by atoms with Gasteiger partial charge in [-0.05, 0) is 6.92 Å². The van der Waals surface area contributed by atoms with E-state index in [2.05, 4.69) is 21.0 Å². The van der Waals surface area contributed by atoms with Crippen LogP contribution in [-0.4, -0.2) is 38.2 Å². The quantitative estimate of drug-likeness (QED) is 0.256. The molecule has 0 unspecified atom stereocenters. The standard InChI is InChI=1S/C4H11N.Na.H2O4S/c1-4-5(2)3;;1-5(2,3)4/h4H2,1-3H3;;(H2,1,2,3,4)/q;+1;/p-1. The molecule has 0 amide bonds. The molecular weight excluding hydrogens is 181 g/mol. The molecule has 0 fully saturated rings. The molecule has 0 heterocycles. The zero-order chi connectivity index (χ0) is 8.78. The van der Waals surface area contributed by atoms with Crippen molar-refractivity contribution in [2.45, 2.75) is 6.92 Å². The van der Waals surface area contributed by atoms with Crippen LogP contribution in [0.15, 0.2) is 0 Å². The van der Waals surface area contributed by atoms with E-state index >= 15 is 0 Å². The van der Waals surface area contributed by atoms with Gasteiger partial charge in [0.05, 0.1) is 20.6 Å². The Balaban J connectivity index is -0.000000107. The molecule has 0 aromatic heterocycles. The van der Waals surface area contributed by atoms with Gasteiger partial charge in [0.15, 0.2) is 0 Å². The molecule has 0 saturated carbocycles. The summed E-state index contributed by atoms with van der Waals surface area (Å²) in [5.41, 5.74) is 0. The fraction of sp³-hybridized carbons (Fsp3) is 1.00. The minimum absolute atomic E-state index is 0. The van der Waals surface area contributed by atoms with Gasteiger partial charge >= 0.3 is 29.6 Å². The first-order valence-electron chi connectivity index (χ1n) is 2.73. The van der Waals surface area contributed by atoms with Gasteiger partial charge < -0.3 is 14.0 Å². The van der Waals surface area contributed by atoms with E-state index in [1.807, 2.05) is 0 Å². The van der Waals surface area contributed by atoms with Crippen molar-refractivity contribution in [3.05, 3.63) is 0 Å². The first-order chi connectivity index (χ1) is 4.27. The normalized spacial score (nSPS) is 9.64. The molecule has 0 saturated heterocycles. The number of nitrogens with one attached hydrogen (secondary N) is 1. The van der Waals surface area contributed by atoms with Gasteiger partial charge in [-0.15, -0.1) is 0 Å². The van der Waals surface area contributed by atoms with Gasteiger partial charge in [-0.3, -0.25) is 8.42 Å². The molecule has 0 spiro atoms. The largest absolute Gasteiger partial charge is 1.00 e. The molecule has 7 heteroatoms. The summed E-state index contributed by atoms with van der Waals surface area (Å²) in [5.74, 6) is 0. The Labute approximate surface area is 89.6 Å². The maximum atomic E-state index is 8.52. The van der Waals surface area contributed by atoms with Crippen molar-refractivity contribution in [3.63, 3.8) is 0 Å². The number of hydrogen-bond acceptors (Lipinski definition) is 4. The van der Waals surface area contributed by atoms with E-state index in [0.717, 1.165) is 0 Å². The first-order valence-corrected chi connectivity index (χ1v) is 4.06. The van der Waals surface area contributed by atoms with Crippen molar-refractivity contribution in [2.24, 2.45) is 0 Å². The molecule has 0 aromatic rings. The Morgan fingerprint density at radius 3 is 1.36 bits per heavy atom. The van der Waals surface area contributed by atoms with Crippen LogP contribution in [0.5, 0.6) is 0 Å². The van der Waals surface area contributed by atoms with Crippen LogP contribution in [-0.2, 0) is 10.4 Å². The van der Waals surface area contributed by atoms with Gasteiger partial charge in [-0.25, -0.2) is 0 Å². The Morgan fingerprint density at radius 2 is 1.36 bits per heavy atom. The van der Waals surface area contributed by atoms with Gasteiger partial charge in [-0.1, -0.05) is 0 Å². The molecule has 0 atom stereocenters. The molecule has 0 bridgehead atoms. The van der Waals surface area contributed by atoms with Crippen LogP contribution >= 0.6 is 0 Å². The molecule has 0 radical (unpaired) electrons. The molecule has 11 heavy (non-hydrogen) atoms. The second-order valence-electron chi connectivity index (χ2n) is 1.97. The summed E-state index contributed by atoms with van der Waals surface area (Å²) in [6, 6.07) is 0. The first kappa shape index (κ1) is 17.8. The van der Waals surface area contributed by atoms with E-state index in [0.29, 0.717) is 0 Å². The Hall–Kier alpha value is 0.830. The molecule has 0 rings (SSSR count). The van der Waals surface area contributed by atoms with E-state index in [9.17, 15) is 0 Å². The third-order valence-corrected chi connectivity index (χ3v) is 0.707. The zero-order valence-corrected chi connectivity index (χ0v) is 10.1.